The molecule has 1 aliphatic carbocycles. The lowest BCUT2D eigenvalue weighted by Gasteiger charge is -2.24. The highest BCUT2D eigenvalue weighted by Gasteiger charge is 2.18. The molecule has 3 rings (SSSR count). The average molecular weight is 283 g/mol. The summed E-state index contributed by atoms with van der Waals surface area (Å²) >= 11 is 0. The van der Waals surface area contributed by atoms with Crippen LogP contribution in [-0.4, -0.2) is 10.2 Å². The van der Waals surface area contributed by atoms with Gasteiger partial charge in [-0.05, 0) is 61.9 Å². The SMILES string of the molecule is CC(Nc1cccc2c1CCCC2)c1c(O)cccc1O. The van der Waals surface area contributed by atoms with Crippen molar-refractivity contribution >= 4 is 5.69 Å². The smallest absolute Gasteiger partial charge is 0.124 e. The molecule has 0 aliphatic heterocycles. The van der Waals surface area contributed by atoms with Gasteiger partial charge in [-0.1, -0.05) is 18.2 Å². The Balaban J connectivity index is 1.90. The number of benzene rings is 2. The molecule has 2 aromatic rings. The zero-order valence-corrected chi connectivity index (χ0v) is 12.3. The van der Waals surface area contributed by atoms with Gasteiger partial charge in [-0.15, -0.1) is 0 Å². The van der Waals surface area contributed by atoms with E-state index in [1.807, 2.05) is 6.92 Å². The van der Waals surface area contributed by atoms with Crippen LogP contribution in [0.1, 0.15) is 42.5 Å². The number of nitrogens with one attached hydrogen (secondary N) is 1. The van der Waals surface area contributed by atoms with Crippen LogP contribution in [0.2, 0.25) is 0 Å². The van der Waals surface area contributed by atoms with Crippen molar-refractivity contribution in [1.29, 1.82) is 0 Å². The molecule has 0 fully saturated rings. The Kier molecular flexibility index (Phi) is 3.74. The lowest BCUT2D eigenvalue weighted by Crippen LogP contribution is -2.12. The number of aromatic hydroxyl groups is 2. The maximum atomic E-state index is 9.98. The minimum absolute atomic E-state index is 0.125. The summed E-state index contributed by atoms with van der Waals surface area (Å²) < 4.78 is 0. The van der Waals surface area contributed by atoms with Crippen LogP contribution in [0.25, 0.3) is 0 Å². The van der Waals surface area contributed by atoms with Crippen molar-refractivity contribution in [2.24, 2.45) is 0 Å². The van der Waals surface area contributed by atoms with Gasteiger partial charge in [-0.25, -0.2) is 0 Å². The monoisotopic (exact) mass is 283 g/mol. The van der Waals surface area contributed by atoms with Crippen LogP contribution >= 0.6 is 0 Å². The molecule has 0 radical (unpaired) electrons. The van der Waals surface area contributed by atoms with Gasteiger partial charge in [0.15, 0.2) is 0 Å². The Bertz CT molecular complexity index is 631. The summed E-state index contributed by atoms with van der Waals surface area (Å²) in [6.45, 7) is 1.96. The van der Waals surface area contributed by atoms with Gasteiger partial charge in [-0.2, -0.15) is 0 Å². The summed E-state index contributed by atoms with van der Waals surface area (Å²) in [5.41, 5.74) is 4.46. The molecular weight excluding hydrogens is 262 g/mol. The quantitative estimate of drug-likeness (QED) is 0.793. The first-order chi connectivity index (χ1) is 10.2. The number of rotatable bonds is 3. The number of aryl methyl sites for hydroxylation is 1. The lowest BCUT2D eigenvalue weighted by molar-refractivity contribution is 0.434. The van der Waals surface area contributed by atoms with Crippen LogP contribution in [0.15, 0.2) is 36.4 Å². The summed E-state index contributed by atoms with van der Waals surface area (Å²) in [7, 11) is 0. The summed E-state index contributed by atoms with van der Waals surface area (Å²) in [5, 5.41) is 23.4. The third-order valence-corrected chi connectivity index (χ3v) is 4.26. The molecule has 3 heteroatoms. The topological polar surface area (TPSA) is 52.5 Å². The summed E-state index contributed by atoms with van der Waals surface area (Å²) in [5.74, 6) is 0.250. The van der Waals surface area contributed by atoms with Crippen LogP contribution in [0.4, 0.5) is 5.69 Å². The van der Waals surface area contributed by atoms with Gasteiger partial charge in [0, 0.05) is 5.69 Å². The van der Waals surface area contributed by atoms with Crippen molar-refractivity contribution in [3.63, 3.8) is 0 Å². The van der Waals surface area contributed by atoms with Crippen molar-refractivity contribution in [2.45, 2.75) is 38.6 Å². The van der Waals surface area contributed by atoms with E-state index in [4.69, 9.17) is 0 Å². The van der Waals surface area contributed by atoms with Gasteiger partial charge in [0.1, 0.15) is 11.5 Å². The third kappa shape index (κ3) is 2.68. The summed E-state index contributed by atoms with van der Waals surface area (Å²) in [4.78, 5) is 0. The van der Waals surface area contributed by atoms with Crippen molar-refractivity contribution in [1.82, 2.24) is 0 Å². The Morgan fingerprint density at radius 3 is 2.38 bits per heavy atom. The van der Waals surface area contributed by atoms with Gasteiger partial charge < -0.3 is 15.5 Å². The molecular formula is C18H21NO2. The van der Waals surface area contributed by atoms with Crippen LogP contribution in [0.5, 0.6) is 11.5 Å². The van der Waals surface area contributed by atoms with E-state index < -0.39 is 0 Å². The maximum Gasteiger partial charge on any atom is 0.124 e. The number of phenolic OH excluding ortho intramolecular Hbond substituents is 2. The number of fused-ring (bicyclic) bond motifs is 1. The van der Waals surface area contributed by atoms with Gasteiger partial charge in [0.05, 0.1) is 11.6 Å². The first kappa shape index (κ1) is 13.8. The second kappa shape index (κ2) is 5.68. The predicted molar refractivity (Wildman–Crippen MR) is 84.9 cm³/mol. The molecule has 1 unspecified atom stereocenters. The Morgan fingerprint density at radius 1 is 0.952 bits per heavy atom. The molecule has 1 aliphatic rings. The molecule has 3 nitrogen and oxygen atoms in total. The minimum atomic E-state index is -0.153. The molecule has 0 saturated carbocycles. The van der Waals surface area contributed by atoms with Crippen molar-refractivity contribution in [2.75, 3.05) is 5.32 Å². The molecule has 0 saturated heterocycles. The molecule has 0 amide bonds. The fourth-order valence-corrected chi connectivity index (χ4v) is 3.21. The van der Waals surface area contributed by atoms with Gasteiger partial charge in [0.2, 0.25) is 0 Å². The van der Waals surface area contributed by atoms with Gasteiger partial charge >= 0.3 is 0 Å². The van der Waals surface area contributed by atoms with E-state index in [0.717, 1.165) is 18.5 Å². The Hall–Kier alpha value is -2.16. The zero-order valence-electron chi connectivity index (χ0n) is 12.3. The molecule has 21 heavy (non-hydrogen) atoms. The van der Waals surface area contributed by atoms with Crippen molar-refractivity contribution in [3.8, 4) is 11.5 Å². The fourth-order valence-electron chi connectivity index (χ4n) is 3.21. The number of hydrogen-bond donors (Lipinski definition) is 3. The van der Waals surface area contributed by atoms with E-state index in [1.165, 1.54) is 24.0 Å². The normalized spacial score (nSPS) is 15.3. The van der Waals surface area contributed by atoms with E-state index in [2.05, 4.69) is 23.5 Å². The largest absolute Gasteiger partial charge is 0.507 e. The first-order valence-electron chi connectivity index (χ1n) is 7.55. The van der Waals surface area contributed by atoms with Crippen LogP contribution in [0.3, 0.4) is 0 Å². The van der Waals surface area contributed by atoms with E-state index in [1.54, 1.807) is 18.2 Å². The average Bonchev–Trinajstić information content (AvgIpc) is 2.47. The Labute approximate surface area is 125 Å². The van der Waals surface area contributed by atoms with Crippen molar-refractivity contribution in [3.05, 3.63) is 53.1 Å². The molecule has 1 atom stereocenters. The highest BCUT2D eigenvalue weighted by molar-refractivity contribution is 5.58. The van der Waals surface area contributed by atoms with Crippen molar-refractivity contribution < 1.29 is 10.2 Å². The molecule has 110 valence electrons. The first-order valence-corrected chi connectivity index (χ1v) is 7.55. The van der Waals surface area contributed by atoms with E-state index in [9.17, 15) is 10.2 Å². The van der Waals surface area contributed by atoms with Gasteiger partial charge in [-0.3, -0.25) is 0 Å². The lowest BCUT2D eigenvalue weighted by atomic mass is 9.90. The standard InChI is InChI=1S/C18H21NO2/c1-12(18-16(20)10-5-11-17(18)21)19-15-9-4-7-13-6-2-3-8-14(13)15/h4-5,7,9-12,19-21H,2-3,6,8H2,1H3. The Morgan fingerprint density at radius 2 is 1.62 bits per heavy atom. The van der Waals surface area contributed by atoms with E-state index >= 15 is 0 Å². The highest BCUT2D eigenvalue weighted by atomic mass is 16.3. The predicted octanol–water partition coefficient (Wildman–Crippen LogP) is 4.15. The van der Waals surface area contributed by atoms with E-state index in [-0.39, 0.29) is 17.5 Å². The molecule has 2 aromatic carbocycles. The van der Waals surface area contributed by atoms with E-state index in [0.29, 0.717) is 5.56 Å². The summed E-state index contributed by atoms with van der Waals surface area (Å²) in [6.07, 6.45) is 4.72. The third-order valence-electron chi connectivity index (χ3n) is 4.26. The van der Waals surface area contributed by atoms with Crippen LogP contribution < -0.4 is 5.32 Å². The number of phenols is 2. The maximum absolute atomic E-state index is 9.98. The second-order valence-electron chi connectivity index (χ2n) is 5.73. The summed E-state index contributed by atoms with van der Waals surface area (Å²) in [6, 6.07) is 11.1. The van der Waals surface area contributed by atoms with Crippen LogP contribution in [-0.2, 0) is 12.8 Å². The van der Waals surface area contributed by atoms with Gasteiger partial charge in [0.25, 0.3) is 0 Å². The number of anilines is 1. The minimum Gasteiger partial charge on any atom is -0.507 e. The second-order valence-corrected chi connectivity index (χ2v) is 5.73. The van der Waals surface area contributed by atoms with Crippen LogP contribution in [0, 0.1) is 0 Å². The zero-order chi connectivity index (χ0) is 14.8. The highest BCUT2D eigenvalue weighted by Crippen LogP contribution is 2.36. The molecule has 3 N–H and O–H groups in total. The molecule has 0 spiro atoms. The molecule has 0 bridgehead atoms. The fraction of sp³-hybridized carbons (Fsp3) is 0.333. The molecule has 0 aromatic heterocycles. The molecule has 0 heterocycles. The number of hydrogen-bond acceptors (Lipinski definition) is 3.